The molecule has 0 aliphatic carbocycles. The number of nitrogens with one attached hydrogen (secondary N) is 4. The molecule has 0 atom stereocenters. The summed E-state index contributed by atoms with van der Waals surface area (Å²) >= 11 is 0. The minimum atomic E-state index is 0.160. The van der Waals surface area contributed by atoms with E-state index in [1.807, 2.05) is 0 Å². The fourth-order valence-corrected chi connectivity index (χ4v) is 5.31. The molecule has 2 heterocycles. The molecular weight excluding hydrogens is 348 g/mol. The Labute approximate surface area is 174 Å². The largest absolute Gasteiger partial charge is 0.304 e. The summed E-state index contributed by atoms with van der Waals surface area (Å²) in [6.45, 7) is 24.7. The molecule has 2 aliphatic heterocycles. The van der Waals surface area contributed by atoms with Crippen molar-refractivity contribution in [1.29, 1.82) is 0 Å². The fourth-order valence-electron chi connectivity index (χ4n) is 5.31. The Morgan fingerprint density at radius 2 is 0.821 bits per heavy atom. The third-order valence-corrected chi connectivity index (χ3v) is 5.47. The lowest BCUT2D eigenvalue weighted by atomic mass is 9.92. The summed E-state index contributed by atoms with van der Waals surface area (Å²) in [7, 11) is 0. The zero-order chi connectivity index (χ0) is 21.1. The highest BCUT2D eigenvalue weighted by molar-refractivity contribution is 4.97. The molecule has 2 fully saturated rings. The van der Waals surface area contributed by atoms with Crippen molar-refractivity contribution in [2.24, 2.45) is 0 Å². The van der Waals surface area contributed by atoms with E-state index < -0.39 is 0 Å². The maximum Gasteiger partial charge on any atom is 0.0309 e. The van der Waals surface area contributed by atoms with E-state index in [9.17, 15) is 0 Å². The average Bonchev–Trinajstić information content (AvgIpc) is 2.43. The number of unbranched alkanes of at least 4 members (excludes halogenated alkanes) is 3. The topological polar surface area (TPSA) is 54.6 Å². The highest BCUT2D eigenvalue weighted by atomic mass is 15.5. The maximum atomic E-state index is 3.73. The van der Waals surface area contributed by atoms with Gasteiger partial charge in [-0.1, -0.05) is 12.8 Å². The second kappa shape index (κ2) is 9.27. The summed E-state index contributed by atoms with van der Waals surface area (Å²) in [6, 6.07) is 0. The minimum Gasteiger partial charge on any atom is -0.304 e. The highest BCUT2D eigenvalue weighted by Crippen LogP contribution is 2.20. The van der Waals surface area contributed by atoms with Crippen molar-refractivity contribution in [2.75, 3.05) is 39.3 Å². The van der Waals surface area contributed by atoms with Crippen LogP contribution in [0.5, 0.6) is 0 Å². The monoisotopic (exact) mass is 396 g/mol. The first-order chi connectivity index (χ1) is 12.8. The van der Waals surface area contributed by atoms with Crippen LogP contribution in [0.1, 0.15) is 81.1 Å². The van der Waals surface area contributed by atoms with Gasteiger partial charge in [0.25, 0.3) is 0 Å². The van der Waals surface area contributed by atoms with Crippen LogP contribution < -0.4 is 21.5 Å². The maximum absolute atomic E-state index is 3.73. The third-order valence-electron chi connectivity index (χ3n) is 5.47. The van der Waals surface area contributed by atoms with Crippen LogP contribution in [0.2, 0.25) is 0 Å². The number of rotatable bonds is 9. The lowest BCUT2D eigenvalue weighted by Crippen LogP contribution is -2.69. The molecule has 6 nitrogen and oxygen atoms in total. The molecule has 0 radical (unpaired) electrons. The minimum absolute atomic E-state index is 0.160. The van der Waals surface area contributed by atoms with Gasteiger partial charge in [-0.05, 0) is 68.2 Å². The van der Waals surface area contributed by atoms with Crippen LogP contribution >= 0.6 is 0 Å². The summed E-state index contributed by atoms with van der Waals surface area (Å²) in [5, 5.41) is 12.3. The van der Waals surface area contributed by atoms with E-state index in [-0.39, 0.29) is 22.2 Å². The standard InChI is InChI=1S/C22H48N6/c1-19(2)15-27(16-20(3,4)25-19)23-13-11-9-10-12-14-24-28-17-21(5,6)26-22(7,8)18-28/h23-26H,9-18H2,1-8H3. The molecule has 0 amide bonds. The molecule has 0 spiro atoms. The molecule has 0 aromatic rings. The molecule has 0 bridgehead atoms. The second-order valence-electron chi connectivity index (χ2n) is 11.7. The quantitative estimate of drug-likeness (QED) is 0.449. The van der Waals surface area contributed by atoms with Crippen molar-refractivity contribution in [1.82, 2.24) is 31.5 Å². The van der Waals surface area contributed by atoms with E-state index in [0.717, 1.165) is 39.3 Å². The fraction of sp³-hybridized carbons (Fsp3) is 1.00. The van der Waals surface area contributed by atoms with Gasteiger partial charge in [0.15, 0.2) is 0 Å². The van der Waals surface area contributed by atoms with Crippen molar-refractivity contribution >= 4 is 0 Å². The first-order valence-electron chi connectivity index (χ1n) is 11.3. The summed E-state index contributed by atoms with van der Waals surface area (Å²) in [5.41, 5.74) is 7.95. The predicted molar refractivity (Wildman–Crippen MR) is 120 cm³/mol. The van der Waals surface area contributed by atoms with Crippen molar-refractivity contribution in [2.45, 2.75) is 103 Å². The molecule has 2 saturated heterocycles. The Morgan fingerprint density at radius 1 is 0.536 bits per heavy atom. The molecule has 0 aromatic heterocycles. The van der Waals surface area contributed by atoms with E-state index in [1.165, 1.54) is 25.7 Å². The number of hydrogen-bond donors (Lipinski definition) is 4. The zero-order valence-electron chi connectivity index (χ0n) is 20.0. The Kier molecular flexibility index (Phi) is 7.96. The van der Waals surface area contributed by atoms with Gasteiger partial charge in [-0.2, -0.15) is 0 Å². The normalized spacial score (nSPS) is 27.0. The van der Waals surface area contributed by atoms with Gasteiger partial charge in [-0.3, -0.25) is 10.9 Å². The summed E-state index contributed by atoms with van der Waals surface area (Å²) in [6.07, 6.45) is 5.09. The number of piperazine rings is 2. The first kappa shape index (κ1) is 24.0. The van der Waals surface area contributed by atoms with E-state index in [4.69, 9.17) is 0 Å². The van der Waals surface area contributed by atoms with E-state index >= 15 is 0 Å². The molecule has 2 rings (SSSR count). The van der Waals surface area contributed by atoms with Gasteiger partial charge in [0.2, 0.25) is 0 Å². The predicted octanol–water partition coefficient (Wildman–Crippen LogP) is 2.48. The molecule has 0 aromatic carbocycles. The molecule has 28 heavy (non-hydrogen) atoms. The molecule has 4 N–H and O–H groups in total. The van der Waals surface area contributed by atoms with Crippen LogP contribution in [-0.4, -0.2) is 71.4 Å². The first-order valence-corrected chi connectivity index (χ1v) is 11.3. The zero-order valence-corrected chi connectivity index (χ0v) is 20.0. The van der Waals surface area contributed by atoms with Crippen LogP contribution in [-0.2, 0) is 0 Å². The number of hydrogen-bond acceptors (Lipinski definition) is 6. The summed E-state index contributed by atoms with van der Waals surface area (Å²) < 4.78 is 0. The molecule has 0 unspecified atom stereocenters. The van der Waals surface area contributed by atoms with Gasteiger partial charge in [0.1, 0.15) is 0 Å². The van der Waals surface area contributed by atoms with Gasteiger partial charge in [-0.15, -0.1) is 0 Å². The van der Waals surface area contributed by atoms with Crippen molar-refractivity contribution < 1.29 is 0 Å². The van der Waals surface area contributed by atoms with Crippen LogP contribution in [0, 0.1) is 0 Å². The number of nitrogens with zero attached hydrogens (tertiary/aromatic N) is 2. The van der Waals surface area contributed by atoms with Gasteiger partial charge in [0, 0.05) is 61.4 Å². The van der Waals surface area contributed by atoms with E-state index in [2.05, 4.69) is 86.9 Å². The average molecular weight is 397 g/mol. The lowest BCUT2D eigenvalue weighted by Gasteiger charge is -2.48. The third kappa shape index (κ3) is 8.64. The van der Waals surface area contributed by atoms with Gasteiger partial charge in [0.05, 0.1) is 0 Å². The Morgan fingerprint density at radius 3 is 1.11 bits per heavy atom. The second-order valence-corrected chi connectivity index (χ2v) is 11.7. The summed E-state index contributed by atoms with van der Waals surface area (Å²) in [4.78, 5) is 0. The SMILES string of the molecule is CC1(C)CN(NCCCCCCNN2CC(C)(C)NC(C)(C)C2)CC(C)(C)N1. The Bertz CT molecular complexity index is 409. The van der Waals surface area contributed by atoms with Gasteiger partial charge in [-0.25, -0.2) is 10.0 Å². The van der Waals surface area contributed by atoms with Crippen LogP contribution in [0.3, 0.4) is 0 Å². The molecule has 166 valence electrons. The van der Waals surface area contributed by atoms with E-state index in [1.54, 1.807) is 0 Å². The lowest BCUT2D eigenvalue weighted by molar-refractivity contribution is 0.0380. The number of hydrazine groups is 2. The summed E-state index contributed by atoms with van der Waals surface area (Å²) in [5.74, 6) is 0. The molecular formula is C22H48N6. The van der Waals surface area contributed by atoms with Crippen molar-refractivity contribution in [3.8, 4) is 0 Å². The molecule has 6 heteroatoms. The molecule has 0 saturated carbocycles. The Balaban J connectivity index is 1.53. The van der Waals surface area contributed by atoms with Gasteiger partial charge >= 0.3 is 0 Å². The van der Waals surface area contributed by atoms with Crippen molar-refractivity contribution in [3.63, 3.8) is 0 Å². The highest BCUT2D eigenvalue weighted by Gasteiger charge is 2.37. The van der Waals surface area contributed by atoms with E-state index in [0.29, 0.717) is 0 Å². The van der Waals surface area contributed by atoms with Crippen LogP contribution in [0.4, 0.5) is 0 Å². The van der Waals surface area contributed by atoms with Crippen molar-refractivity contribution in [3.05, 3.63) is 0 Å². The van der Waals surface area contributed by atoms with Crippen LogP contribution in [0.25, 0.3) is 0 Å². The Hall–Kier alpha value is -0.240. The van der Waals surface area contributed by atoms with Crippen LogP contribution in [0.15, 0.2) is 0 Å². The molecule has 2 aliphatic rings. The smallest absolute Gasteiger partial charge is 0.0309 e. The van der Waals surface area contributed by atoms with Gasteiger partial charge < -0.3 is 10.6 Å².